The maximum atomic E-state index is 10.8. The Morgan fingerprint density at radius 3 is 2.62 bits per heavy atom. The van der Waals surface area contributed by atoms with Crippen LogP contribution >= 0.6 is 12.2 Å². The van der Waals surface area contributed by atoms with E-state index in [1.807, 2.05) is 48.0 Å². The molecule has 0 aliphatic heterocycles. The second-order valence-corrected chi connectivity index (χ2v) is 3.93. The molecule has 0 atom stereocenters. The van der Waals surface area contributed by atoms with Gasteiger partial charge in [0.25, 0.3) is 0 Å². The summed E-state index contributed by atoms with van der Waals surface area (Å²) in [6, 6.07) is 11.5. The fraction of sp³-hybridized carbons (Fsp3) is 0.0769. The van der Waals surface area contributed by atoms with E-state index in [1.165, 1.54) is 0 Å². The highest BCUT2D eigenvalue weighted by Gasteiger charge is 2.02. The molecule has 1 aromatic carbocycles. The number of benzene rings is 1. The maximum Gasteiger partial charge on any atom is 0.153 e. The molecule has 0 radical (unpaired) electrons. The van der Waals surface area contributed by atoms with Gasteiger partial charge in [0.05, 0.1) is 0 Å². The molecule has 0 fully saturated rings. The summed E-state index contributed by atoms with van der Waals surface area (Å²) in [5.41, 5.74) is 2.68. The van der Waals surface area contributed by atoms with Crippen molar-refractivity contribution in [1.82, 2.24) is 4.57 Å². The summed E-state index contributed by atoms with van der Waals surface area (Å²) in [5, 5.41) is 0. The van der Waals surface area contributed by atoms with Crippen molar-refractivity contribution in [2.75, 3.05) is 0 Å². The number of para-hydroxylation sites is 1. The minimum Gasteiger partial charge on any atom is -0.307 e. The summed E-state index contributed by atoms with van der Waals surface area (Å²) in [5.74, 6) is 0. The van der Waals surface area contributed by atoms with Crippen LogP contribution in [0.25, 0.3) is 5.69 Å². The van der Waals surface area contributed by atoms with E-state index < -0.39 is 0 Å². The van der Waals surface area contributed by atoms with E-state index in [9.17, 15) is 4.79 Å². The molecule has 0 unspecified atom stereocenters. The van der Waals surface area contributed by atoms with E-state index in [4.69, 9.17) is 12.2 Å². The zero-order valence-electron chi connectivity index (χ0n) is 8.88. The molecule has 0 aliphatic rings. The van der Waals surface area contributed by atoms with Crippen LogP contribution in [0, 0.1) is 11.6 Å². The van der Waals surface area contributed by atoms with Crippen LogP contribution in [0.4, 0.5) is 0 Å². The summed E-state index contributed by atoms with van der Waals surface area (Å²) in [6.45, 7) is 2.02. The van der Waals surface area contributed by atoms with Gasteiger partial charge in [-0.1, -0.05) is 30.4 Å². The molecule has 0 amide bonds. The van der Waals surface area contributed by atoms with Gasteiger partial charge < -0.3 is 4.57 Å². The Morgan fingerprint density at radius 1 is 1.19 bits per heavy atom. The first kappa shape index (κ1) is 10.8. The van der Waals surface area contributed by atoms with E-state index in [1.54, 1.807) is 6.07 Å². The van der Waals surface area contributed by atoms with Crippen LogP contribution in [0.3, 0.4) is 0 Å². The molecule has 2 aromatic rings. The van der Waals surface area contributed by atoms with Gasteiger partial charge in [0.15, 0.2) is 6.29 Å². The molecule has 16 heavy (non-hydrogen) atoms. The SMILES string of the molecule is Cc1ccccc1-n1cccc(C=O)c1=S. The van der Waals surface area contributed by atoms with Crippen LogP contribution < -0.4 is 0 Å². The summed E-state index contributed by atoms with van der Waals surface area (Å²) in [4.78, 5) is 10.8. The molecule has 2 nitrogen and oxygen atoms in total. The van der Waals surface area contributed by atoms with E-state index in [0.29, 0.717) is 10.2 Å². The average Bonchev–Trinajstić information content (AvgIpc) is 2.31. The molecular formula is C13H11NOS. The van der Waals surface area contributed by atoms with Gasteiger partial charge in [-0.25, -0.2) is 0 Å². The first-order chi connectivity index (χ1) is 7.74. The lowest BCUT2D eigenvalue weighted by molar-refractivity contribution is 0.112. The lowest BCUT2D eigenvalue weighted by atomic mass is 10.2. The van der Waals surface area contributed by atoms with Crippen LogP contribution in [0.1, 0.15) is 15.9 Å². The molecular weight excluding hydrogens is 218 g/mol. The number of nitrogens with zero attached hydrogens (tertiary/aromatic N) is 1. The van der Waals surface area contributed by atoms with Crippen molar-refractivity contribution in [2.24, 2.45) is 0 Å². The van der Waals surface area contributed by atoms with Crippen LogP contribution in [0.15, 0.2) is 42.6 Å². The number of rotatable bonds is 2. The van der Waals surface area contributed by atoms with Gasteiger partial charge in [-0.15, -0.1) is 0 Å². The summed E-state index contributed by atoms with van der Waals surface area (Å²) >= 11 is 5.26. The van der Waals surface area contributed by atoms with E-state index >= 15 is 0 Å². The smallest absolute Gasteiger partial charge is 0.153 e. The average molecular weight is 229 g/mol. The Balaban J connectivity index is 2.71. The normalized spacial score (nSPS) is 10.1. The van der Waals surface area contributed by atoms with E-state index in [-0.39, 0.29) is 0 Å². The van der Waals surface area contributed by atoms with Crippen molar-refractivity contribution < 1.29 is 4.79 Å². The fourth-order valence-corrected chi connectivity index (χ4v) is 1.90. The number of pyridine rings is 1. The lowest BCUT2D eigenvalue weighted by Crippen LogP contribution is -2.01. The highest BCUT2D eigenvalue weighted by molar-refractivity contribution is 7.71. The van der Waals surface area contributed by atoms with Gasteiger partial charge >= 0.3 is 0 Å². The van der Waals surface area contributed by atoms with Crippen LogP contribution in [0.5, 0.6) is 0 Å². The molecule has 0 saturated carbocycles. The third kappa shape index (κ3) is 1.82. The van der Waals surface area contributed by atoms with Crippen molar-refractivity contribution >= 4 is 18.5 Å². The number of aryl methyl sites for hydroxylation is 1. The quantitative estimate of drug-likeness (QED) is 0.582. The minimum absolute atomic E-state index is 0.542. The number of hydrogen-bond donors (Lipinski definition) is 0. The van der Waals surface area contributed by atoms with Crippen molar-refractivity contribution in [1.29, 1.82) is 0 Å². The zero-order chi connectivity index (χ0) is 11.5. The molecule has 80 valence electrons. The second kappa shape index (κ2) is 4.41. The Hall–Kier alpha value is -1.74. The molecule has 0 aliphatic carbocycles. The first-order valence-corrected chi connectivity index (χ1v) is 5.37. The summed E-state index contributed by atoms with van der Waals surface area (Å²) < 4.78 is 2.40. The molecule has 1 heterocycles. The fourth-order valence-electron chi connectivity index (χ4n) is 1.62. The standard InChI is InChI=1S/C13H11NOS/c1-10-5-2-3-7-12(10)14-8-4-6-11(9-15)13(14)16/h2-9H,1H3. The van der Waals surface area contributed by atoms with Crippen molar-refractivity contribution in [3.63, 3.8) is 0 Å². The predicted octanol–water partition coefficient (Wildman–Crippen LogP) is 3.33. The molecule has 1 aromatic heterocycles. The zero-order valence-corrected chi connectivity index (χ0v) is 9.70. The minimum atomic E-state index is 0.542. The molecule has 3 heteroatoms. The van der Waals surface area contributed by atoms with Crippen molar-refractivity contribution in [2.45, 2.75) is 6.92 Å². The maximum absolute atomic E-state index is 10.8. The van der Waals surface area contributed by atoms with Crippen molar-refractivity contribution in [3.8, 4) is 5.69 Å². The molecule has 0 spiro atoms. The predicted molar refractivity (Wildman–Crippen MR) is 66.7 cm³/mol. The highest BCUT2D eigenvalue weighted by atomic mass is 32.1. The van der Waals surface area contributed by atoms with Crippen LogP contribution in [0.2, 0.25) is 0 Å². The second-order valence-electron chi connectivity index (χ2n) is 3.54. The number of aromatic nitrogens is 1. The Labute approximate surface area is 99.2 Å². The lowest BCUT2D eigenvalue weighted by Gasteiger charge is -2.10. The molecule has 2 rings (SSSR count). The molecule has 0 N–H and O–H groups in total. The first-order valence-electron chi connectivity index (χ1n) is 4.97. The molecule has 0 bridgehead atoms. The van der Waals surface area contributed by atoms with Crippen LogP contribution in [-0.4, -0.2) is 10.9 Å². The van der Waals surface area contributed by atoms with Gasteiger partial charge in [0, 0.05) is 17.4 Å². The van der Waals surface area contributed by atoms with E-state index in [2.05, 4.69) is 0 Å². The van der Waals surface area contributed by atoms with Crippen LogP contribution in [-0.2, 0) is 0 Å². The number of aldehydes is 1. The number of carbonyl (C=O) groups excluding carboxylic acids is 1. The largest absolute Gasteiger partial charge is 0.307 e. The topological polar surface area (TPSA) is 22.0 Å². The van der Waals surface area contributed by atoms with Gasteiger partial charge in [-0.05, 0) is 30.7 Å². The van der Waals surface area contributed by atoms with Gasteiger partial charge in [-0.3, -0.25) is 4.79 Å². The Bertz CT molecular complexity index is 586. The van der Waals surface area contributed by atoms with Crippen molar-refractivity contribution in [3.05, 3.63) is 58.4 Å². The third-order valence-electron chi connectivity index (χ3n) is 2.48. The number of hydrogen-bond acceptors (Lipinski definition) is 2. The summed E-state index contributed by atoms with van der Waals surface area (Å²) in [6.07, 6.45) is 2.66. The van der Waals surface area contributed by atoms with E-state index in [0.717, 1.165) is 17.5 Å². The highest BCUT2D eigenvalue weighted by Crippen LogP contribution is 2.15. The third-order valence-corrected chi connectivity index (χ3v) is 2.91. The Morgan fingerprint density at radius 2 is 1.94 bits per heavy atom. The monoisotopic (exact) mass is 229 g/mol. The number of carbonyl (C=O) groups is 1. The van der Waals surface area contributed by atoms with Gasteiger partial charge in [-0.2, -0.15) is 0 Å². The molecule has 0 saturated heterocycles. The van der Waals surface area contributed by atoms with Gasteiger partial charge in [0.1, 0.15) is 4.64 Å². The summed E-state index contributed by atoms with van der Waals surface area (Å²) in [7, 11) is 0. The van der Waals surface area contributed by atoms with Gasteiger partial charge in [0.2, 0.25) is 0 Å². The Kier molecular flexibility index (Phi) is 2.97.